The maximum atomic E-state index is 6.01. The van der Waals surface area contributed by atoms with Gasteiger partial charge in [0.2, 0.25) is 0 Å². The Morgan fingerprint density at radius 3 is 2.89 bits per heavy atom. The van der Waals surface area contributed by atoms with E-state index < -0.39 is 0 Å². The molecule has 2 aromatic rings. The summed E-state index contributed by atoms with van der Waals surface area (Å²) in [7, 11) is 0. The monoisotopic (exact) mass is 277 g/mol. The first-order chi connectivity index (χ1) is 9.38. The van der Waals surface area contributed by atoms with Gasteiger partial charge in [-0.2, -0.15) is 0 Å². The number of imidazole rings is 1. The molecule has 1 aliphatic carbocycles. The highest BCUT2D eigenvalue weighted by Gasteiger charge is 2.16. The second kappa shape index (κ2) is 5.91. The molecule has 2 heterocycles. The smallest absolute Gasteiger partial charge is 0.160 e. The van der Waals surface area contributed by atoms with Gasteiger partial charge in [0.1, 0.15) is 11.3 Å². The number of aryl methyl sites for hydroxylation is 1. The molecule has 0 bridgehead atoms. The number of pyridine rings is 1. The number of hydrogen-bond donors (Lipinski definition) is 0. The molecule has 0 atom stereocenters. The number of rotatable bonds is 4. The molecule has 1 aliphatic rings. The van der Waals surface area contributed by atoms with Crippen LogP contribution in [0.1, 0.15) is 44.3 Å². The zero-order chi connectivity index (χ0) is 13.1. The Labute approximate surface area is 119 Å². The van der Waals surface area contributed by atoms with E-state index in [4.69, 9.17) is 11.6 Å². The number of halogens is 1. The number of nitrogens with zero attached hydrogens (tertiary/aromatic N) is 3. The first-order valence-corrected chi connectivity index (χ1v) is 7.78. The average Bonchev–Trinajstić information content (AvgIpc) is 2.84. The van der Waals surface area contributed by atoms with E-state index in [1.54, 1.807) is 0 Å². The lowest BCUT2D eigenvalue weighted by Gasteiger charge is -2.21. The third-order valence-electron chi connectivity index (χ3n) is 4.19. The van der Waals surface area contributed by atoms with Crippen molar-refractivity contribution in [2.45, 2.75) is 50.9 Å². The number of aromatic nitrogens is 3. The lowest BCUT2D eigenvalue weighted by Crippen LogP contribution is -2.11. The Hall–Kier alpha value is -1.09. The van der Waals surface area contributed by atoms with Crippen LogP contribution >= 0.6 is 11.6 Å². The molecule has 0 aliphatic heterocycles. The van der Waals surface area contributed by atoms with E-state index in [0.29, 0.717) is 5.88 Å². The molecule has 0 spiro atoms. The molecule has 2 aromatic heterocycles. The van der Waals surface area contributed by atoms with Crippen molar-refractivity contribution in [2.24, 2.45) is 5.92 Å². The predicted octanol–water partition coefficient (Wildman–Crippen LogP) is 4.14. The summed E-state index contributed by atoms with van der Waals surface area (Å²) in [6, 6.07) is 3.94. The highest BCUT2D eigenvalue weighted by molar-refractivity contribution is 6.16. The van der Waals surface area contributed by atoms with E-state index in [9.17, 15) is 0 Å². The summed E-state index contributed by atoms with van der Waals surface area (Å²) in [4.78, 5) is 9.02. The number of fused-ring (bicyclic) bond motifs is 1. The van der Waals surface area contributed by atoms with Gasteiger partial charge in [-0.05, 0) is 24.5 Å². The topological polar surface area (TPSA) is 30.7 Å². The summed E-state index contributed by atoms with van der Waals surface area (Å²) in [6.45, 7) is 1.00. The van der Waals surface area contributed by atoms with Crippen molar-refractivity contribution in [3.8, 4) is 0 Å². The molecule has 3 rings (SSSR count). The number of alkyl halides is 1. The van der Waals surface area contributed by atoms with Gasteiger partial charge in [-0.1, -0.05) is 32.1 Å². The Kier molecular flexibility index (Phi) is 4.02. The first kappa shape index (κ1) is 12.9. The molecule has 0 aromatic carbocycles. The van der Waals surface area contributed by atoms with Crippen LogP contribution in [0.4, 0.5) is 0 Å². The third kappa shape index (κ3) is 2.76. The third-order valence-corrected chi connectivity index (χ3v) is 4.43. The van der Waals surface area contributed by atoms with Crippen LogP contribution in [0.3, 0.4) is 0 Å². The Balaban J connectivity index is 1.78. The lowest BCUT2D eigenvalue weighted by molar-refractivity contribution is 0.324. The predicted molar refractivity (Wildman–Crippen MR) is 78.3 cm³/mol. The maximum absolute atomic E-state index is 6.01. The minimum absolute atomic E-state index is 0.459. The summed E-state index contributed by atoms with van der Waals surface area (Å²) in [5, 5.41) is 0. The van der Waals surface area contributed by atoms with Gasteiger partial charge in [-0.3, -0.25) is 0 Å². The van der Waals surface area contributed by atoms with Gasteiger partial charge in [0, 0.05) is 12.7 Å². The molecule has 0 radical (unpaired) electrons. The molecule has 3 nitrogen and oxygen atoms in total. The fourth-order valence-corrected chi connectivity index (χ4v) is 3.33. The molecule has 19 heavy (non-hydrogen) atoms. The van der Waals surface area contributed by atoms with Gasteiger partial charge in [-0.15, -0.1) is 11.6 Å². The largest absolute Gasteiger partial charge is 0.312 e. The van der Waals surface area contributed by atoms with Gasteiger partial charge in [0.15, 0.2) is 5.65 Å². The van der Waals surface area contributed by atoms with Gasteiger partial charge >= 0.3 is 0 Å². The molecule has 1 fully saturated rings. The molecule has 4 heteroatoms. The summed E-state index contributed by atoms with van der Waals surface area (Å²) in [5.41, 5.74) is 1.94. The fraction of sp³-hybridized carbons (Fsp3) is 0.600. The van der Waals surface area contributed by atoms with E-state index in [0.717, 1.165) is 29.5 Å². The molecule has 1 saturated carbocycles. The minimum Gasteiger partial charge on any atom is -0.312 e. The standard InChI is InChI=1S/C15H20ClN3/c16-11-14-18-13-7-4-9-17-15(13)19(14)10-8-12-5-2-1-3-6-12/h4,7,9,12H,1-3,5-6,8,10-11H2. The van der Waals surface area contributed by atoms with Crippen LogP contribution in [-0.2, 0) is 12.4 Å². The summed E-state index contributed by atoms with van der Waals surface area (Å²) in [6.07, 6.45) is 10.0. The van der Waals surface area contributed by atoms with Crippen LogP contribution in [-0.4, -0.2) is 14.5 Å². The van der Waals surface area contributed by atoms with Crippen molar-refractivity contribution in [3.05, 3.63) is 24.2 Å². The van der Waals surface area contributed by atoms with Crippen molar-refractivity contribution < 1.29 is 0 Å². The maximum Gasteiger partial charge on any atom is 0.160 e. The molecule has 0 amide bonds. The number of hydrogen-bond acceptors (Lipinski definition) is 2. The average molecular weight is 278 g/mol. The molecule has 0 unspecified atom stereocenters. The van der Waals surface area contributed by atoms with Crippen molar-refractivity contribution in [1.82, 2.24) is 14.5 Å². The molecular formula is C15H20ClN3. The molecule has 0 saturated heterocycles. The van der Waals surface area contributed by atoms with E-state index in [1.165, 1.54) is 38.5 Å². The minimum atomic E-state index is 0.459. The van der Waals surface area contributed by atoms with Gasteiger partial charge in [0.05, 0.1) is 5.88 Å². The quantitative estimate of drug-likeness (QED) is 0.787. The van der Waals surface area contributed by atoms with Crippen molar-refractivity contribution in [3.63, 3.8) is 0 Å². The van der Waals surface area contributed by atoms with Crippen LogP contribution in [0.5, 0.6) is 0 Å². The molecule has 102 valence electrons. The summed E-state index contributed by atoms with van der Waals surface area (Å²) in [5.74, 6) is 2.28. The summed E-state index contributed by atoms with van der Waals surface area (Å²) >= 11 is 6.01. The zero-order valence-electron chi connectivity index (χ0n) is 11.2. The van der Waals surface area contributed by atoms with Crippen LogP contribution in [0.2, 0.25) is 0 Å². The Bertz CT molecular complexity index is 543. The normalized spacial score (nSPS) is 17.1. The van der Waals surface area contributed by atoms with Crippen molar-refractivity contribution >= 4 is 22.8 Å². The summed E-state index contributed by atoms with van der Waals surface area (Å²) < 4.78 is 2.21. The van der Waals surface area contributed by atoms with Crippen LogP contribution in [0.25, 0.3) is 11.2 Å². The van der Waals surface area contributed by atoms with E-state index in [2.05, 4.69) is 14.5 Å². The zero-order valence-corrected chi connectivity index (χ0v) is 11.9. The van der Waals surface area contributed by atoms with E-state index in [-0.39, 0.29) is 0 Å². The molecular weight excluding hydrogens is 258 g/mol. The Morgan fingerprint density at radius 1 is 1.26 bits per heavy atom. The van der Waals surface area contributed by atoms with E-state index >= 15 is 0 Å². The van der Waals surface area contributed by atoms with Crippen LogP contribution in [0, 0.1) is 5.92 Å². The Morgan fingerprint density at radius 2 is 2.11 bits per heavy atom. The SMILES string of the molecule is ClCc1nc2cccnc2n1CCC1CCCCC1. The highest BCUT2D eigenvalue weighted by Crippen LogP contribution is 2.27. The highest BCUT2D eigenvalue weighted by atomic mass is 35.5. The van der Waals surface area contributed by atoms with E-state index in [1.807, 2.05) is 18.3 Å². The van der Waals surface area contributed by atoms with Gasteiger partial charge in [0.25, 0.3) is 0 Å². The van der Waals surface area contributed by atoms with Crippen molar-refractivity contribution in [2.75, 3.05) is 0 Å². The second-order valence-corrected chi connectivity index (χ2v) is 5.72. The first-order valence-electron chi connectivity index (χ1n) is 7.24. The lowest BCUT2D eigenvalue weighted by atomic mass is 9.87. The van der Waals surface area contributed by atoms with Crippen LogP contribution in [0.15, 0.2) is 18.3 Å². The fourth-order valence-electron chi connectivity index (χ4n) is 3.13. The second-order valence-electron chi connectivity index (χ2n) is 5.45. The van der Waals surface area contributed by atoms with Crippen molar-refractivity contribution in [1.29, 1.82) is 0 Å². The molecule has 0 N–H and O–H groups in total. The van der Waals surface area contributed by atoms with Gasteiger partial charge < -0.3 is 4.57 Å². The van der Waals surface area contributed by atoms with Gasteiger partial charge in [-0.25, -0.2) is 9.97 Å². The van der Waals surface area contributed by atoms with Crippen LogP contribution < -0.4 is 0 Å².